The van der Waals surface area contributed by atoms with Crippen LogP contribution in [0.4, 0.5) is 0 Å². The van der Waals surface area contributed by atoms with Gasteiger partial charge in [0.15, 0.2) is 0 Å². The van der Waals surface area contributed by atoms with E-state index in [1.807, 2.05) is 0 Å². The number of rotatable bonds is 3. The van der Waals surface area contributed by atoms with E-state index in [9.17, 15) is 22.9 Å². The van der Waals surface area contributed by atoms with Crippen LogP contribution in [0.3, 0.4) is 0 Å². The first-order valence-corrected chi connectivity index (χ1v) is 6.54. The number of hydrogen-bond acceptors (Lipinski definition) is 6. The van der Waals surface area contributed by atoms with Crippen molar-refractivity contribution in [1.82, 2.24) is 0 Å². The largest absolute Gasteiger partial charge is 1.00 e. The molecule has 0 heterocycles. The zero-order valence-electron chi connectivity index (χ0n) is 9.96. The van der Waals surface area contributed by atoms with Crippen molar-refractivity contribution in [1.29, 1.82) is 0 Å². The van der Waals surface area contributed by atoms with Crippen LogP contribution in [0.5, 0.6) is 0 Å². The monoisotopic (exact) mass is 274 g/mol. The number of ether oxygens (including phenoxy) is 1. The third kappa shape index (κ3) is 4.84. The van der Waals surface area contributed by atoms with E-state index in [2.05, 4.69) is 4.74 Å². The third-order valence-corrected chi connectivity index (χ3v) is 3.98. The van der Waals surface area contributed by atoms with Gasteiger partial charge in [-0.25, -0.2) is 8.42 Å². The predicted octanol–water partition coefficient (Wildman–Crippen LogP) is -3.17. The van der Waals surface area contributed by atoms with Crippen LogP contribution in [0.1, 0.15) is 25.7 Å². The van der Waals surface area contributed by atoms with Crippen molar-refractivity contribution >= 4 is 16.1 Å². The molecule has 1 N–H and O–H groups in total. The van der Waals surface area contributed by atoms with Gasteiger partial charge in [0, 0.05) is 0 Å². The minimum atomic E-state index is -4.66. The molecule has 1 fully saturated rings. The molecule has 0 aromatic carbocycles. The van der Waals surface area contributed by atoms with Gasteiger partial charge in [0.05, 0.1) is 13.0 Å². The fourth-order valence-electron chi connectivity index (χ4n) is 2.04. The average Bonchev–Trinajstić information content (AvgIpc) is 2.26. The normalized spacial score (nSPS) is 26.8. The van der Waals surface area contributed by atoms with Crippen molar-refractivity contribution in [3.8, 4) is 0 Å². The minimum absolute atomic E-state index is 0. The maximum atomic E-state index is 11.2. The van der Waals surface area contributed by atoms with Crippen LogP contribution < -0.4 is 29.6 Å². The Morgan fingerprint density at radius 3 is 2.18 bits per heavy atom. The third-order valence-electron chi connectivity index (χ3n) is 3.01. The summed E-state index contributed by atoms with van der Waals surface area (Å²) >= 11 is 0. The van der Waals surface area contributed by atoms with Crippen molar-refractivity contribution in [3.63, 3.8) is 0 Å². The molecule has 1 unspecified atom stereocenters. The molecule has 0 radical (unpaired) electrons. The van der Waals surface area contributed by atoms with Gasteiger partial charge in [-0.2, -0.15) is 0 Å². The Kier molecular flexibility index (Phi) is 7.20. The Balaban J connectivity index is 0.00000256. The molecule has 0 aromatic heterocycles. The standard InChI is InChI=1S/C9H16O6S.Na/c1-15-8(10)6-2-4-7(5-3-6)9(11)16(12,13)14;/h6-7,9,11H,2-5H2,1H3,(H,12,13,14);/q;+1/p-1. The van der Waals surface area contributed by atoms with Crippen LogP contribution in [-0.2, 0) is 19.6 Å². The van der Waals surface area contributed by atoms with Crippen molar-refractivity contribution in [2.75, 3.05) is 7.11 Å². The molecule has 94 valence electrons. The van der Waals surface area contributed by atoms with Gasteiger partial charge < -0.3 is 14.4 Å². The second-order valence-electron chi connectivity index (χ2n) is 4.02. The van der Waals surface area contributed by atoms with Gasteiger partial charge in [0.1, 0.15) is 15.6 Å². The van der Waals surface area contributed by atoms with E-state index in [0.29, 0.717) is 25.7 Å². The van der Waals surface area contributed by atoms with Crippen LogP contribution in [0.25, 0.3) is 0 Å². The summed E-state index contributed by atoms with van der Waals surface area (Å²) in [5.41, 5.74) is -1.86. The first kappa shape index (κ1) is 17.3. The zero-order chi connectivity index (χ0) is 12.3. The first-order chi connectivity index (χ1) is 7.36. The fourth-order valence-corrected chi connectivity index (χ4v) is 2.79. The van der Waals surface area contributed by atoms with Crippen LogP contribution in [0.2, 0.25) is 0 Å². The Labute approximate surface area is 123 Å². The zero-order valence-corrected chi connectivity index (χ0v) is 12.8. The quantitative estimate of drug-likeness (QED) is 0.331. The molecule has 17 heavy (non-hydrogen) atoms. The Bertz CT molecular complexity index is 346. The van der Waals surface area contributed by atoms with Crippen LogP contribution in [-0.4, -0.2) is 36.6 Å². The van der Waals surface area contributed by atoms with Crippen molar-refractivity contribution < 1.29 is 57.2 Å². The molecular weight excluding hydrogens is 259 g/mol. The van der Waals surface area contributed by atoms with Gasteiger partial charge in [-0.15, -0.1) is 0 Å². The minimum Gasteiger partial charge on any atom is -0.746 e. The van der Waals surface area contributed by atoms with Crippen molar-refractivity contribution in [2.45, 2.75) is 31.1 Å². The molecule has 1 aliphatic carbocycles. The first-order valence-electron chi connectivity index (χ1n) is 5.07. The molecule has 1 saturated carbocycles. The Hall–Kier alpha value is 0.340. The maximum absolute atomic E-state index is 11.2. The van der Waals surface area contributed by atoms with E-state index in [1.54, 1.807) is 0 Å². The maximum Gasteiger partial charge on any atom is 1.00 e. The van der Waals surface area contributed by atoms with E-state index in [4.69, 9.17) is 0 Å². The molecule has 1 rings (SSSR count). The van der Waals surface area contributed by atoms with Crippen LogP contribution >= 0.6 is 0 Å². The molecule has 0 aliphatic heterocycles. The molecule has 0 bridgehead atoms. The fraction of sp³-hybridized carbons (Fsp3) is 0.889. The van der Waals surface area contributed by atoms with Gasteiger partial charge in [0.2, 0.25) is 0 Å². The van der Waals surface area contributed by atoms with Crippen LogP contribution in [0, 0.1) is 11.8 Å². The Morgan fingerprint density at radius 2 is 1.82 bits per heavy atom. The second-order valence-corrected chi connectivity index (χ2v) is 5.49. The van der Waals surface area contributed by atoms with Gasteiger partial charge in [-0.1, -0.05) is 0 Å². The molecular formula is C9H15NaO6S. The molecule has 6 nitrogen and oxygen atoms in total. The number of esters is 1. The molecule has 8 heteroatoms. The predicted molar refractivity (Wildman–Crippen MR) is 53.2 cm³/mol. The number of aliphatic hydroxyl groups is 1. The summed E-state index contributed by atoms with van der Waals surface area (Å²) in [7, 11) is -3.36. The topological polar surface area (TPSA) is 104 Å². The van der Waals surface area contributed by atoms with E-state index < -0.39 is 21.5 Å². The Morgan fingerprint density at radius 1 is 1.35 bits per heavy atom. The molecule has 0 spiro atoms. The summed E-state index contributed by atoms with van der Waals surface area (Å²) in [6.07, 6.45) is 1.60. The number of aliphatic hydroxyl groups excluding tert-OH is 1. The van der Waals surface area contributed by atoms with Gasteiger partial charge >= 0.3 is 35.5 Å². The van der Waals surface area contributed by atoms with E-state index in [1.165, 1.54) is 7.11 Å². The summed E-state index contributed by atoms with van der Waals surface area (Å²) in [6.45, 7) is 0. The van der Waals surface area contributed by atoms with Crippen molar-refractivity contribution in [3.05, 3.63) is 0 Å². The molecule has 0 amide bonds. The summed E-state index contributed by atoms with van der Waals surface area (Å²) in [6, 6.07) is 0. The van der Waals surface area contributed by atoms with Crippen LogP contribution in [0.15, 0.2) is 0 Å². The number of hydrogen-bond donors (Lipinski definition) is 1. The summed E-state index contributed by atoms with van der Waals surface area (Å²) in [5, 5.41) is 9.28. The molecule has 1 atom stereocenters. The van der Waals surface area contributed by atoms with E-state index in [0.717, 1.165) is 0 Å². The number of methoxy groups -OCH3 is 1. The van der Waals surface area contributed by atoms with Crippen molar-refractivity contribution in [2.24, 2.45) is 11.8 Å². The van der Waals surface area contributed by atoms with Gasteiger partial charge in [-0.05, 0) is 31.6 Å². The SMILES string of the molecule is COC(=O)C1CCC(C(O)S(=O)(=O)[O-])CC1.[Na+]. The summed E-state index contributed by atoms with van der Waals surface area (Å²) in [5.74, 6) is -1.14. The summed E-state index contributed by atoms with van der Waals surface area (Å²) in [4.78, 5) is 11.2. The second kappa shape index (κ2) is 7.06. The summed E-state index contributed by atoms with van der Waals surface area (Å²) < 4.78 is 36.4. The molecule has 0 saturated heterocycles. The smallest absolute Gasteiger partial charge is 0.746 e. The molecule has 1 aliphatic rings. The van der Waals surface area contributed by atoms with Gasteiger partial charge in [-0.3, -0.25) is 4.79 Å². The number of carbonyl (C=O) groups excluding carboxylic acids is 1. The number of carbonyl (C=O) groups is 1. The van der Waals surface area contributed by atoms with E-state index in [-0.39, 0.29) is 41.4 Å². The van der Waals surface area contributed by atoms with E-state index >= 15 is 0 Å². The molecule has 0 aromatic rings. The van der Waals surface area contributed by atoms with Gasteiger partial charge in [0.25, 0.3) is 0 Å². The average molecular weight is 274 g/mol.